The van der Waals surface area contributed by atoms with Crippen LogP contribution in [0.25, 0.3) is 16.6 Å². The molecule has 0 aliphatic heterocycles. The molecule has 142 valence electrons. The zero-order valence-electron chi connectivity index (χ0n) is 16.5. The van der Waals surface area contributed by atoms with E-state index in [4.69, 9.17) is 4.74 Å². The van der Waals surface area contributed by atoms with E-state index in [2.05, 4.69) is 4.57 Å². The quantitative estimate of drug-likeness (QED) is 0.688. The van der Waals surface area contributed by atoms with Crippen molar-refractivity contribution in [1.82, 2.24) is 9.47 Å². The van der Waals surface area contributed by atoms with Crippen LogP contribution in [0.5, 0.6) is 5.75 Å². The van der Waals surface area contributed by atoms with Gasteiger partial charge in [0, 0.05) is 28.9 Å². The van der Waals surface area contributed by atoms with E-state index < -0.39 is 0 Å². The van der Waals surface area contributed by atoms with Gasteiger partial charge >= 0.3 is 5.97 Å². The Balaban J connectivity index is 2.44. The zero-order valence-corrected chi connectivity index (χ0v) is 16.5. The zero-order chi connectivity index (χ0) is 19.7. The van der Waals surface area contributed by atoms with Gasteiger partial charge < -0.3 is 19.3 Å². The van der Waals surface area contributed by atoms with Gasteiger partial charge in [0.2, 0.25) is 0 Å². The van der Waals surface area contributed by atoms with Gasteiger partial charge in [0.05, 0.1) is 17.7 Å². The van der Waals surface area contributed by atoms with Crippen molar-refractivity contribution in [3.05, 3.63) is 58.8 Å². The van der Waals surface area contributed by atoms with E-state index in [1.54, 1.807) is 13.0 Å². The first-order chi connectivity index (χ1) is 12.9. The van der Waals surface area contributed by atoms with Gasteiger partial charge in [-0.1, -0.05) is 18.2 Å². The number of phenolic OH excluding ortho intramolecular Hbond substituents is 1. The molecule has 0 spiro atoms. The van der Waals surface area contributed by atoms with Crippen LogP contribution in [0.3, 0.4) is 0 Å². The molecule has 3 rings (SSSR count). The van der Waals surface area contributed by atoms with Crippen LogP contribution >= 0.6 is 0 Å². The van der Waals surface area contributed by atoms with E-state index in [0.717, 1.165) is 33.4 Å². The maximum atomic E-state index is 12.8. The maximum Gasteiger partial charge on any atom is 0.340 e. The van der Waals surface area contributed by atoms with Gasteiger partial charge in [-0.3, -0.25) is 0 Å². The Bertz CT molecular complexity index is 1000. The Morgan fingerprint density at radius 2 is 1.85 bits per heavy atom. The minimum Gasteiger partial charge on any atom is -0.508 e. The minimum absolute atomic E-state index is 0.184. The number of rotatable bonds is 5. The largest absolute Gasteiger partial charge is 0.508 e. The highest BCUT2D eigenvalue weighted by Crippen LogP contribution is 2.37. The van der Waals surface area contributed by atoms with E-state index in [1.165, 1.54) is 0 Å². The number of nitrogens with zero attached hydrogens (tertiary/aromatic N) is 2. The summed E-state index contributed by atoms with van der Waals surface area (Å²) >= 11 is 0. The smallest absolute Gasteiger partial charge is 0.340 e. The van der Waals surface area contributed by atoms with Gasteiger partial charge in [-0.05, 0) is 58.6 Å². The number of carbonyl (C=O) groups excluding carboxylic acids is 1. The van der Waals surface area contributed by atoms with Crippen molar-refractivity contribution >= 4 is 16.9 Å². The van der Waals surface area contributed by atoms with Crippen LogP contribution in [0, 0.1) is 13.8 Å². The maximum absolute atomic E-state index is 12.8. The number of aromatic hydroxyl groups is 1. The van der Waals surface area contributed by atoms with Gasteiger partial charge in [-0.25, -0.2) is 4.79 Å². The standard InChI is InChI=1S/C22H26N2O3/c1-6-27-22(26)20-15(3)24(17-10-8-7-9-14(17)2)18-11-12-19(25)16(21(18)20)13-23(4)5/h7-12,25H,6,13H2,1-5H3. The van der Waals surface area contributed by atoms with Crippen LogP contribution in [0.2, 0.25) is 0 Å². The first-order valence-corrected chi connectivity index (χ1v) is 9.10. The summed E-state index contributed by atoms with van der Waals surface area (Å²) in [6.45, 7) is 6.59. The van der Waals surface area contributed by atoms with Gasteiger partial charge in [-0.15, -0.1) is 0 Å². The lowest BCUT2D eigenvalue weighted by atomic mass is 10.0. The summed E-state index contributed by atoms with van der Waals surface area (Å²) in [5.41, 5.74) is 5.06. The van der Waals surface area contributed by atoms with Crippen molar-refractivity contribution in [1.29, 1.82) is 0 Å². The molecule has 1 N–H and O–H groups in total. The monoisotopic (exact) mass is 366 g/mol. The number of para-hydroxylation sites is 1. The lowest BCUT2D eigenvalue weighted by Crippen LogP contribution is -2.12. The number of esters is 1. The second kappa shape index (κ2) is 7.45. The van der Waals surface area contributed by atoms with Crippen LogP contribution in [0.1, 0.15) is 34.1 Å². The highest BCUT2D eigenvalue weighted by atomic mass is 16.5. The fourth-order valence-corrected chi connectivity index (χ4v) is 3.62. The van der Waals surface area contributed by atoms with Crippen molar-refractivity contribution in [3.8, 4) is 11.4 Å². The number of aryl methyl sites for hydroxylation is 1. The molecule has 1 aromatic heterocycles. The van der Waals surface area contributed by atoms with Gasteiger partial charge in [0.15, 0.2) is 0 Å². The van der Waals surface area contributed by atoms with E-state index in [0.29, 0.717) is 18.7 Å². The van der Waals surface area contributed by atoms with Crippen LogP contribution in [0.15, 0.2) is 36.4 Å². The summed E-state index contributed by atoms with van der Waals surface area (Å²) in [5.74, 6) is -0.179. The molecule has 0 saturated carbocycles. The summed E-state index contributed by atoms with van der Waals surface area (Å²) in [4.78, 5) is 14.8. The van der Waals surface area contributed by atoms with Gasteiger partial charge in [0.1, 0.15) is 5.75 Å². The number of hydrogen-bond acceptors (Lipinski definition) is 4. The van der Waals surface area contributed by atoms with Crippen molar-refractivity contribution in [2.45, 2.75) is 27.3 Å². The fourth-order valence-electron chi connectivity index (χ4n) is 3.62. The highest BCUT2D eigenvalue weighted by Gasteiger charge is 2.26. The number of ether oxygens (including phenoxy) is 1. The molecule has 0 fully saturated rings. The Morgan fingerprint density at radius 3 is 2.48 bits per heavy atom. The molecule has 1 heterocycles. The summed E-state index contributed by atoms with van der Waals surface area (Å²) in [5, 5.41) is 11.3. The molecule has 0 amide bonds. The molecule has 0 aliphatic carbocycles. The van der Waals surface area contributed by atoms with Crippen molar-refractivity contribution in [3.63, 3.8) is 0 Å². The van der Waals surface area contributed by atoms with Gasteiger partial charge in [-0.2, -0.15) is 0 Å². The topological polar surface area (TPSA) is 54.7 Å². The van der Waals surface area contributed by atoms with E-state index >= 15 is 0 Å². The number of benzene rings is 2. The molecular weight excluding hydrogens is 340 g/mol. The predicted molar refractivity (Wildman–Crippen MR) is 108 cm³/mol. The normalized spacial score (nSPS) is 11.3. The molecule has 0 unspecified atom stereocenters. The average Bonchev–Trinajstić information content (AvgIpc) is 2.90. The third-order valence-electron chi connectivity index (χ3n) is 4.76. The lowest BCUT2D eigenvalue weighted by Gasteiger charge is -2.14. The SMILES string of the molecule is CCOC(=O)c1c(C)n(-c2ccccc2C)c2ccc(O)c(CN(C)C)c12. The Hall–Kier alpha value is -2.79. The molecule has 27 heavy (non-hydrogen) atoms. The number of aromatic nitrogens is 1. The molecule has 0 saturated heterocycles. The highest BCUT2D eigenvalue weighted by molar-refractivity contribution is 6.08. The molecule has 0 atom stereocenters. The van der Waals surface area contributed by atoms with Crippen molar-refractivity contribution in [2.75, 3.05) is 20.7 Å². The number of carbonyl (C=O) groups is 1. The van der Waals surface area contributed by atoms with Crippen LogP contribution in [-0.2, 0) is 11.3 Å². The minimum atomic E-state index is -0.363. The van der Waals surface area contributed by atoms with E-state index in [-0.39, 0.29) is 11.7 Å². The molecule has 5 nitrogen and oxygen atoms in total. The fraction of sp³-hybridized carbons (Fsp3) is 0.318. The van der Waals surface area contributed by atoms with Crippen molar-refractivity contribution in [2.24, 2.45) is 0 Å². The molecule has 3 aromatic rings. The first kappa shape index (κ1) is 19.0. The van der Waals surface area contributed by atoms with E-state index in [9.17, 15) is 9.90 Å². The van der Waals surface area contributed by atoms with Crippen molar-refractivity contribution < 1.29 is 14.6 Å². The number of phenols is 1. The Morgan fingerprint density at radius 1 is 1.15 bits per heavy atom. The lowest BCUT2D eigenvalue weighted by molar-refractivity contribution is 0.0527. The van der Waals surface area contributed by atoms with Crippen LogP contribution < -0.4 is 0 Å². The molecule has 0 bridgehead atoms. The first-order valence-electron chi connectivity index (χ1n) is 9.10. The molecule has 5 heteroatoms. The number of hydrogen-bond donors (Lipinski definition) is 1. The molecule has 2 aromatic carbocycles. The second-order valence-electron chi connectivity index (χ2n) is 7.00. The van der Waals surface area contributed by atoms with Crippen LogP contribution in [-0.4, -0.2) is 41.2 Å². The molecule has 0 radical (unpaired) electrons. The Kier molecular flexibility index (Phi) is 5.24. The Labute approximate surface area is 159 Å². The van der Waals surface area contributed by atoms with E-state index in [1.807, 2.05) is 63.2 Å². The summed E-state index contributed by atoms with van der Waals surface area (Å²) in [6.07, 6.45) is 0. The molecular formula is C22H26N2O3. The second-order valence-corrected chi connectivity index (χ2v) is 7.00. The summed E-state index contributed by atoms with van der Waals surface area (Å²) in [6, 6.07) is 11.6. The summed E-state index contributed by atoms with van der Waals surface area (Å²) < 4.78 is 7.43. The van der Waals surface area contributed by atoms with Gasteiger partial charge in [0.25, 0.3) is 0 Å². The third-order valence-corrected chi connectivity index (χ3v) is 4.76. The summed E-state index contributed by atoms with van der Waals surface area (Å²) in [7, 11) is 3.88. The average molecular weight is 366 g/mol. The third kappa shape index (κ3) is 3.30. The van der Waals surface area contributed by atoms with Crippen LogP contribution in [0.4, 0.5) is 0 Å². The predicted octanol–water partition coefficient (Wildman–Crippen LogP) is 4.19. The number of fused-ring (bicyclic) bond motifs is 1. The molecule has 0 aliphatic rings.